The van der Waals surface area contributed by atoms with Crippen molar-refractivity contribution in [2.75, 3.05) is 30.2 Å². The summed E-state index contributed by atoms with van der Waals surface area (Å²) in [7, 11) is -3.62. The molecule has 1 aromatic carbocycles. The van der Waals surface area contributed by atoms with Crippen LogP contribution in [-0.4, -0.2) is 28.2 Å². The zero-order valence-electron chi connectivity index (χ0n) is 10.6. The summed E-state index contributed by atoms with van der Waals surface area (Å²) in [6.07, 6.45) is 0.706. The van der Waals surface area contributed by atoms with Crippen molar-refractivity contribution < 1.29 is 17.9 Å². The summed E-state index contributed by atoms with van der Waals surface area (Å²) in [5, 5.41) is 0. The van der Waals surface area contributed by atoms with E-state index in [1.807, 2.05) is 6.92 Å². The minimum absolute atomic E-state index is 0.271. The number of hydrogen-bond acceptors (Lipinski definition) is 5. The molecule has 0 aliphatic carbocycles. The van der Waals surface area contributed by atoms with Crippen molar-refractivity contribution in [3.8, 4) is 11.5 Å². The summed E-state index contributed by atoms with van der Waals surface area (Å²) >= 11 is 0. The van der Waals surface area contributed by atoms with Gasteiger partial charge in [0.2, 0.25) is 0 Å². The van der Waals surface area contributed by atoms with Crippen LogP contribution in [0.15, 0.2) is 12.1 Å². The van der Waals surface area contributed by atoms with Crippen LogP contribution in [0.1, 0.15) is 13.3 Å². The van der Waals surface area contributed by atoms with Gasteiger partial charge in [0.15, 0.2) is 11.5 Å². The molecular formula is C11H17N3O4S. The van der Waals surface area contributed by atoms with Crippen LogP contribution in [0, 0.1) is 0 Å². The molecule has 0 bridgehead atoms. The molecule has 0 saturated heterocycles. The lowest BCUT2D eigenvalue weighted by Gasteiger charge is -2.20. The van der Waals surface area contributed by atoms with E-state index < -0.39 is 10.2 Å². The van der Waals surface area contributed by atoms with Gasteiger partial charge in [0.1, 0.15) is 13.2 Å². The third-order valence-electron chi connectivity index (χ3n) is 2.50. The van der Waals surface area contributed by atoms with Crippen LogP contribution in [0.3, 0.4) is 0 Å². The summed E-state index contributed by atoms with van der Waals surface area (Å²) < 4.78 is 39.0. The molecule has 19 heavy (non-hydrogen) atoms. The Morgan fingerprint density at radius 1 is 1.26 bits per heavy atom. The van der Waals surface area contributed by atoms with Gasteiger partial charge in [-0.3, -0.25) is 4.72 Å². The van der Waals surface area contributed by atoms with Gasteiger partial charge in [-0.15, -0.1) is 0 Å². The first kappa shape index (κ1) is 13.8. The number of rotatable bonds is 5. The predicted molar refractivity (Wildman–Crippen MR) is 72.7 cm³/mol. The number of benzene rings is 1. The second kappa shape index (κ2) is 5.54. The van der Waals surface area contributed by atoms with Gasteiger partial charge in [-0.05, 0) is 6.42 Å². The fraction of sp³-hybridized carbons (Fsp3) is 0.455. The van der Waals surface area contributed by atoms with E-state index in [1.54, 1.807) is 6.07 Å². The van der Waals surface area contributed by atoms with Crippen LogP contribution in [0.25, 0.3) is 0 Å². The van der Waals surface area contributed by atoms with E-state index in [2.05, 4.69) is 9.44 Å². The fourth-order valence-electron chi connectivity index (χ4n) is 1.61. The van der Waals surface area contributed by atoms with Gasteiger partial charge in [-0.1, -0.05) is 6.92 Å². The van der Waals surface area contributed by atoms with Gasteiger partial charge in [0.25, 0.3) is 10.2 Å². The number of nitrogens with two attached hydrogens (primary N) is 1. The van der Waals surface area contributed by atoms with Gasteiger partial charge >= 0.3 is 0 Å². The maximum atomic E-state index is 11.7. The first-order valence-electron chi connectivity index (χ1n) is 5.98. The summed E-state index contributed by atoms with van der Waals surface area (Å²) in [4.78, 5) is 0. The Morgan fingerprint density at radius 3 is 2.53 bits per heavy atom. The first-order valence-corrected chi connectivity index (χ1v) is 7.46. The number of anilines is 2. The number of nitrogens with one attached hydrogen (secondary N) is 2. The molecule has 0 aromatic heterocycles. The van der Waals surface area contributed by atoms with Crippen molar-refractivity contribution in [3.05, 3.63) is 12.1 Å². The van der Waals surface area contributed by atoms with E-state index in [0.29, 0.717) is 37.7 Å². The molecule has 1 heterocycles. The highest BCUT2D eigenvalue weighted by Gasteiger charge is 2.17. The normalized spacial score (nSPS) is 14.2. The Kier molecular flexibility index (Phi) is 4.01. The van der Waals surface area contributed by atoms with Crippen LogP contribution in [-0.2, 0) is 10.2 Å². The molecule has 7 nitrogen and oxygen atoms in total. The molecule has 0 radical (unpaired) electrons. The molecule has 1 aliphatic heterocycles. The van der Waals surface area contributed by atoms with Gasteiger partial charge in [0.05, 0.1) is 11.4 Å². The lowest BCUT2D eigenvalue weighted by molar-refractivity contribution is 0.172. The minimum Gasteiger partial charge on any atom is -0.486 e. The quantitative estimate of drug-likeness (QED) is 0.692. The van der Waals surface area contributed by atoms with Crippen LogP contribution < -0.4 is 24.7 Å². The van der Waals surface area contributed by atoms with E-state index in [0.717, 1.165) is 0 Å². The molecule has 0 amide bonds. The lowest BCUT2D eigenvalue weighted by atomic mass is 10.2. The molecule has 1 aromatic rings. The Labute approximate surface area is 112 Å². The molecule has 0 unspecified atom stereocenters. The molecule has 0 saturated carbocycles. The minimum atomic E-state index is -3.62. The van der Waals surface area contributed by atoms with E-state index in [-0.39, 0.29) is 11.4 Å². The number of ether oxygens (including phenoxy) is 2. The number of fused-ring (bicyclic) bond motifs is 1. The van der Waals surface area contributed by atoms with Crippen molar-refractivity contribution in [2.45, 2.75) is 13.3 Å². The Balaban J connectivity index is 2.21. The van der Waals surface area contributed by atoms with Gasteiger partial charge in [-0.2, -0.15) is 13.1 Å². The van der Waals surface area contributed by atoms with Crippen molar-refractivity contribution >= 4 is 21.6 Å². The zero-order valence-corrected chi connectivity index (χ0v) is 11.4. The smallest absolute Gasteiger partial charge is 0.299 e. The van der Waals surface area contributed by atoms with Crippen molar-refractivity contribution in [1.82, 2.24) is 4.72 Å². The molecular weight excluding hydrogens is 270 g/mol. The molecule has 4 N–H and O–H groups in total. The number of nitrogen functional groups attached to an aromatic ring is 1. The van der Waals surface area contributed by atoms with Gasteiger partial charge < -0.3 is 15.2 Å². The Hall–Kier alpha value is -1.67. The van der Waals surface area contributed by atoms with Crippen molar-refractivity contribution in [3.63, 3.8) is 0 Å². The molecule has 2 rings (SSSR count). The average Bonchev–Trinajstić information content (AvgIpc) is 2.37. The fourth-order valence-corrected chi connectivity index (χ4v) is 2.62. The van der Waals surface area contributed by atoms with Crippen LogP contribution in [0.5, 0.6) is 11.5 Å². The molecule has 106 valence electrons. The SMILES string of the molecule is CCCNS(=O)(=O)Nc1cc2c(cc1N)OCCO2. The second-order valence-corrected chi connectivity index (χ2v) is 5.58. The first-order chi connectivity index (χ1) is 9.02. The topological polar surface area (TPSA) is 103 Å². The number of hydrogen-bond donors (Lipinski definition) is 3. The molecule has 0 spiro atoms. The summed E-state index contributed by atoms with van der Waals surface area (Å²) in [6.45, 7) is 3.12. The predicted octanol–water partition coefficient (Wildman–Crippen LogP) is 0.696. The second-order valence-electron chi connectivity index (χ2n) is 4.08. The lowest BCUT2D eigenvalue weighted by Crippen LogP contribution is -2.31. The summed E-state index contributed by atoms with van der Waals surface area (Å²) in [5.74, 6) is 1.00. The third-order valence-corrected chi connectivity index (χ3v) is 3.57. The maximum absolute atomic E-state index is 11.7. The van der Waals surface area contributed by atoms with Crippen molar-refractivity contribution in [1.29, 1.82) is 0 Å². The van der Waals surface area contributed by atoms with E-state index in [1.165, 1.54) is 6.07 Å². The van der Waals surface area contributed by atoms with Crippen LogP contribution in [0.2, 0.25) is 0 Å². The molecule has 1 aliphatic rings. The summed E-state index contributed by atoms with van der Waals surface area (Å²) in [5.41, 5.74) is 6.34. The van der Waals surface area contributed by atoms with Gasteiger partial charge in [0, 0.05) is 18.7 Å². The molecule has 0 atom stereocenters. The van der Waals surface area contributed by atoms with Crippen LogP contribution in [0.4, 0.5) is 11.4 Å². The van der Waals surface area contributed by atoms with Gasteiger partial charge in [-0.25, -0.2) is 0 Å². The highest BCUT2D eigenvalue weighted by Crippen LogP contribution is 2.37. The molecule has 8 heteroatoms. The van der Waals surface area contributed by atoms with Crippen molar-refractivity contribution in [2.24, 2.45) is 0 Å². The molecule has 0 fully saturated rings. The van der Waals surface area contributed by atoms with E-state index in [4.69, 9.17) is 15.2 Å². The Bertz CT molecular complexity index is 559. The summed E-state index contributed by atoms with van der Waals surface area (Å²) in [6, 6.07) is 3.07. The highest BCUT2D eigenvalue weighted by molar-refractivity contribution is 7.90. The third kappa shape index (κ3) is 3.42. The zero-order chi connectivity index (χ0) is 13.9. The Morgan fingerprint density at radius 2 is 1.89 bits per heavy atom. The van der Waals surface area contributed by atoms with Crippen LogP contribution >= 0.6 is 0 Å². The van der Waals surface area contributed by atoms with E-state index in [9.17, 15) is 8.42 Å². The largest absolute Gasteiger partial charge is 0.486 e. The average molecular weight is 287 g/mol. The standard InChI is InChI=1S/C11H17N3O4S/c1-2-3-13-19(15,16)14-9-7-11-10(6-8(9)12)17-4-5-18-11/h6-7,13-14H,2-5,12H2,1H3. The monoisotopic (exact) mass is 287 g/mol. The van der Waals surface area contributed by atoms with E-state index >= 15 is 0 Å². The maximum Gasteiger partial charge on any atom is 0.299 e. The highest BCUT2D eigenvalue weighted by atomic mass is 32.2.